The molecular formula is C20H22N2O3S2. The Morgan fingerprint density at radius 3 is 2.56 bits per heavy atom. The number of amides is 1. The molecule has 27 heavy (non-hydrogen) atoms. The molecule has 0 aliphatic carbocycles. The van der Waals surface area contributed by atoms with Gasteiger partial charge in [0.25, 0.3) is 5.91 Å². The molecule has 0 unspecified atom stereocenters. The number of benzene rings is 2. The fourth-order valence-electron chi connectivity index (χ4n) is 2.84. The first-order valence-corrected chi connectivity index (χ1v) is 10.7. The quantitative estimate of drug-likeness (QED) is 0.622. The topological polar surface area (TPSA) is 52.8 Å². The lowest BCUT2D eigenvalue weighted by Gasteiger charge is -2.09. The molecule has 7 heteroatoms. The van der Waals surface area contributed by atoms with Crippen molar-refractivity contribution in [3.8, 4) is 11.5 Å². The fraction of sp³-hybridized carbons (Fsp3) is 0.300. The van der Waals surface area contributed by atoms with Crippen molar-refractivity contribution in [2.24, 2.45) is 4.99 Å². The Morgan fingerprint density at radius 1 is 1.19 bits per heavy atom. The van der Waals surface area contributed by atoms with E-state index >= 15 is 0 Å². The van der Waals surface area contributed by atoms with E-state index in [2.05, 4.69) is 15.8 Å². The van der Waals surface area contributed by atoms with Gasteiger partial charge in [0, 0.05) is 30.0 Å². The van der Waals surface area contributed by atoms with Crippen LogP contribution in [0, 0.1) is 6.92 Å². The van der Waals surface area contributed by atoms with Crippen molar-refractivity contribution < 1.29 is 14.3 Å². The van der Waals surface area contributed by atoms with Crippen molar-refractivity contribution in [3.05, 3.63) is 52.3 Å². The Labute approximate surface area is 166 Å². The molecule has 0 saturated carbocycles. The highest BCUT2D eigenvalue weighted by atomic mass is 32.2. The Morgan fingerprint density at radius 2 is 1.89 bits per heavy atom. The Hall–Kier alpha value is -2.25. The van der Waals surface area contributed by atoms with Crippen LogP contribution in [-0.4, -0.2) is 36.7 Å². The van der Waals surface area contributed by atoms with Gasteiger partial charge in [-0.15, -0.1) is 0 Å². The first-order valence-electron chi connectivity index (χ1n) is 8.48. The van der Waals surface area contributed by atoms with Crippen molar-refractivity contribution in [3.63, 3.8) is 0 Å². The van der Waals surface area contributed by atoms with Crippen LogP contribution in [0.2, 0.25) is 0 Å². The maximum atomic E-state index is 12.8. The molecule has 0 aliphatic rings. The summed E-state index contributed by atoms with van der Waals surface area (Å²) < 4.78 is 13.9. The molecule has 3 rings (SSSR count). The van der Waals surface area contributed by atoms with Crippen LogP contribution in [0.1, 0.15) is 15.9 Å². The summed E-state index contributed by atoms with van der Waals surface area (Å²) in [7, 11) is 3.24. The van der Waals surface area contributed by atoms with Gasteiger partial charge in [-0.2, -0.15) is 16.8 Å². The molecule has 0 fully saturated rings. The van der Waals surface area contributed by atoms with E-state index in [1.54, 1.807) is 26.0 Å². The van der Waals surface area contributed by atoms with Gasteiger partial charge < -0.3 is 14.0 Å². The van der Waals surface area contributed by atoms with Gasteiger partial charge in [0.1, 0.15) is 0 Å². The third-order valence-electron chi connectivity index (χ3n) is 4.28. The molecule has 0 N–H and O–H groups in total. The lowest BCUT2D eigenvalue weighted by atomic mass is 10.1. The average Bonchev–Trinajstić information content (AvgIpc) is 3.01. The van der Waals surface area contributed by atoms with E-state index in [0.29, 0.717) is 21.9 Å². The second-order valence-electron chi connectivity index (χ2n) is 5.94. The minimum atomic E-state index is -0.225. The van der Waals surface area contributed by atoms with Crippen LogP contribution in [0.3, 0.4) is 0 Å². The number of fused-ring (bicyclic) bond motifs is 1. The first-order chi connectivity index (χ1) is 13.1. The van der Waals surface area contributed by atoms with Gasteiger partial charge in [-0.3, -0.25) is 4.79 Å². The summed E-state index contributed by atoms with van der Waals surface area (Å²) in [6.07, 6.45) is 2.06. The number of hydrogen-bond donors (Lipinski definition) is 0. The highest BCUT2D eigenvalue weighted by Crippen LogP contribution is 2.33. The van der Waals surface area contributed by atoms with E-state index in [1.165, 1.54) is 11.3 Å². The second-order valence-corrected chi connectivity index (χ2v) is 7.93. The standard InChI is InChI=1S/C20H22N2O3S2/c1-13-7-5-6-8-14(13)19(23)21-20-22(9-10-26-4)15-11-16(24-2)17(25-3)12-18(15)27-20/h5-8,11-12H,9-10H2,1-4H3. The molecule has 2 aromatic carbocycles. The van der Waals surface area contributed by atoms with Crippen molar-refractivity contribution in [1.29, 1.82) is 0 Å². The number of rotatable bonds is 6. The first kappa shape index (κ1) is 19.5. The molecule has 0 aliphatic heterocycles. The summed E-state index contributed by atoms with van der Waals surface area (Å²) in [5, 5.41) is 0. The van der Waals surface area contributed by atoms with E-state index in [-0.39, 0.29) is 5.91 Å². The van der Waals surface area contributed by atoms with Crippen LogP contribution < -0.4 is 14.3 Å². The number of thiazole rings is 1. The van der Waals surface area contributed by atoms with Gasteiger partial charge in [0.15, 0.2) is 16.3 Å². The number of carbonyl (C=O) groups is 1. The molecule has 1 amide bonds. The predicted octanol–water partition coefficient (Wildman–Crippen LogP) is 4.13. The summed E-state index contributed by atoms with van der Waals surface area (Å²) in [4.78, 5) is 17.9. The Bertz CT molecular complexity index is 1040. The number of thioether (sulfide) groups is 1. The molecule has 3 aromatic rings. The number of aromatic nitrogens is 1. The molecule has 0 saturated heterocycles. The molecule has 0 radical (unpaired) electrons. The van der Waals surface area contributed by atoms with Gasteiger partial charge in [-0.1, -0.05) is 29.5 Å². The van der Waals surface area contributed by atoms with Gasteiger partial charge in [-0.25, -0.2) is 0 Å². The van der Waals surface area contributed by atoms with Crippen molar-refractivity contribution in [1.82, 2.24) is 4.57 Å². The second kappa shape index (κ2) is 8.63. The predicted molar refractivity (Wildman–Crippen MR) is 112 cm³/mol. The number of ether oxygens (including phenoxy) is 2. The summed E-state index contributed by atoms with van der Waals surface area (Å²) in [5.74, 6) is 2.03. The van der Waals surface area contributed by atoms with Gasteiger partial charge >= 0.3 is 0 Å². The highest BCUT2D eigenvalue weighted by molar-refractivity contribution is 7.98. The van der Waals surface area contributed by atoms with Crippen LogP contribution in [0.15, 0.2) is 41.4 Å². The van der Waals surface area contributed by atoms with Gasteiger partial charge in [-0.05, 0) is 24.8 Å². The third kappa shape index (κ3) is 4.04. The van der Waals surface area contributed by atoms with Crippen LogP contribution in [-0.2, 0) is 6.54 Å². The lowest BCUT2D eigenvalue weighted by Crippen LogP contribution is -2.18. The van der Waals surface area contributed by atoms with Gasteiger partial charge in [0.2, 0.25) is 0 Å². The zero-order chi connectivity index (χ0) is 19.4. The van der Waals surface area contributed by atoms with Crippen molar-refractivity contribution in [2.45, 2.75) is 13.5 Å². The van der Waals surface area contributed by atoms with E-state index < -0.39 is 0 Å². The molecule has 0 spiro atoms. The summed E-state index contributed by atoms with van der Waals surface area (Å²) in [5.41, 5.74) is 2.54. The Balaban J connectivity index is 2.18. The average molecular weight is 403 g/mol. The zero-order valence-electron chi connectivity index (χ0n) is 15.8. The Kier molecular flexibility index (Phi) is 6.23. The fourth-order valence-corrected chi connectivity index (χ4v) is 4.27. The number of methoxy groups -OCH3 is 2. The monoisotopic (exact) mass is 402 g/mol. The van der Waals surface area contributed by atoms with Crippen LogP contribution >= 0.6 is 23.1 Å². The summed E-state index contributed by atoms with van der Waals surface area (Å²) in [6.45, 7) is 2.68. The summed E-state index contributed by atoms with van der Waals surface area (Å²) >= 11 is 3.24. The maximum absolute atomic E-state index is 12.8. The van der Waals surface area contributed by atoms with E-state index in [4.69, 9.17) is 9.47 Å². The minimum absolute atomic E-state index is 0.225. The number of carbonyl (C=O) groups excluding carboxylic acids is 1. The highest BCUT2D eigenvalue weighted by Gasteiger charge is 2.14. The van der Waals surface area contributed by atoms with Crippen LogP contribution in [0.5, 0.6) is 11.5 Å². The number of aryl methyl sites for hydroxylation is 2. The molecule has 5 nitrogen and oxygen atoms in total. The van der Waals surface area contributed by atoms with Crippen molar-refractivity contribution in [2.75, 3.05) is 26.2 Å². The lowest BCUT2D eigenvalue weighted by molar-refractivity contribution is 0.0997. The van der Waals surface area contributed by atoms with E-state index in [1.807, 2.05) is 43.3 Å². The zero-order valence-corrected chi connectivity index (χ0v) is 17.4. The summed E-state index contributed by atoms with van der Waals surface area (Å²) in [6, 6.07) is 11.4. The number of hydrogen-bond acceptors (Lipinski definition) is 5. The molecule has 142 valence electrons. The molecule has 1 aromatic heterocycles. The third-order valence-corrected chi connectivity index (χ3v) is 5.91. The van der Waals surface area contributed by atoms with E-state index in [9.17, 15) is 4.79 Å². The molecule has 0 atom stereocenters. The molecular weight excluding hydrogens is 380 g/mol. The van der Waals surface area contributed by atoms with Crippen LogP contribution in [0.4, 0.5) is 0 Å². The minimum Gasteiger partial charge on any atom is -0.493 e. The van der Waals surface area contributed by atoms with Gasteiger partial charge in [0.05, 0.1) is 24.4 Å². The SMILES string of the molecule is COc1cc2sc(=NC(=O)c3ccccc3C)n(CCSC)c2cc1OC. The normalized spacial score (nSPS) is 11.8. The molecule has 0 bridgehead atoms. The van der Waals surface area contributed by atoms with Crippen LogP contribution in [0.25, 0.3) is 10.2 Å². The molecule has 1 heterocycles. The van der Waals surface area contributed by atoms with E-state index in [0.717, 1.165) is 28.1 Å². The number of nitrogens with zero attached hydrogens (tertiary/aromatic N) is 2. The smallest absolute Gasteiger partial charge is 0.279 e. The maximum Gasteiger partial charge on any atom is 0.279 e. The largest absolute Gasteiger partial charge is 0.493 e. The van der Waals surface area contributed by atoms with Crippen molar-refractivity contribution >= 4 is 39.2 Å².